The lowest BCUT2D eigenvalue weighted by molar-refractivity contribution is 0.516. The molecule has 0 atom stereocenters. The van der Waals surface area contributed by atoms with Crippen molar-refractivity contribution < 1.29 is 0 Å². The van der Waals surface area contributed by atoms with Gasteiger partial charge >= 0.3 is 0 Å². The molecule has 0 aliphatic heterocycles. The fraction of sp³-hybridized carbons (Fsp3) is 0.611. The first-order chi connectivity index (χ1) is 10.6. The Kier molecular flexibility index (Phi) is 7.53. The number of rotatable bonds is 6. The topological polar surface area (TPSA) is 24.1 Å². The molecular formula is C18H28N2S2. The molecule has 22 heavy (non-hydrogen) atoms. The maximum absolute atomic E-state index is 5.36. The van der Waals surface area contributed by atoms with Gasteiger partial charge in [0.2, 0.25) is 0 Å². The van der Waals surface area contributed by atoms with Crippen LogP contribution in [0.1, 0.15) is 57.4 Å². The summed E-state index contributed by atoms with van der Waals surface area (Å²) in [7, 11) is 0. The van der Waals surface area contributed by atoms with Gasteiger partial charge in [0.25, 0.3) is 0 Å². The second kappa shape index (κ2) is 9.41. The van der Waals surface area contributed by atoms with Crippen molar-refractivity contribution in [2.24, 2.45) is 0 Å². The molecule has 1 aromatic carbocycles. The van der Waals surface area contributed by atoms with Gasteiger partial charge in [0.1, 0.15) is 0 Å². The van der Waals surface area contributed by atoms with E-state index in [1.54, 1.807) is 0 Å². The first-order valence-corrected chi connectivity index (χ1v) is 9.87. The minimum Gasteiger partial charge on any atom is -0.362 e. The third-order valence-corrected chi connectivity index (χ3v) is 5.76. The molecule has 0 saturated heterocycles. The molecule has 1 saturated carbocycles. The number of hydrogen-bond acceptors (Lipinski definition) is 2. The van der Waals surface area contributed by atoms with E-state index in [4.69, 9.17) is 12.2 Å². The highest BCUT2D eigenvalue weighted by molar-refractivity contribution is 7.99. The lowest BCUT2D eigenvalue weighted by Gasteiger charge is -2.21. The Morgan fingerprint density at radius 2 is 1.86 bits per heavy atom. The molecule has 0 heterocycles. The minimum absolute atomic E-state index is 0.566. The molecule has 1 aliphatic carbocycles. The Labute approximate surface area is 144 Å². The van der Waals surface area contributed by atoms with Crippen LogP contribution in [0.15, 0.2) is 24.3 Å². The highest BCUT2D eigenvalue weighted by Gasteiger charge is 2.13. The molecule has 1 aliphatic rings. The molecule has 0 unspecified atom stereocenters. The van der Waals surface area contributed by atoms with Crippen LogP contribution in [-0.2, 0) is 0 Å². The molecule has 2 nitrogen and oxygen atoms in total. The normalized spacial score (nSPS) is 15.8. The van der Waals surface area contributed by atoms with Crippen molar-refractivity contribution in [3.05, 3.63) is 29.8 Å². The molecule has 4 heteroatoms. The largest absolute Gasteiger partial charge is 0.362 e. The zero-order valence-electron chi connectivity index (χ0n) is 13.7. The summed E-state index contributed by atoms with van der Waals surface area (Å²) in [5.74, 6) is 1.70. The number of thiocarbonyl (C=S) groups is 1. The Morgan fingerprint density at radius 1 is 1.18 bits per heavy atom. The summed E-state index contributed by atoms with van der Waals surface area (Å²) in [6, 6.07) is 8.52. The van der Waals surface area contributed by atoms with E-state index in [0.29, 0.717) is 5.92 Å². The lowest BCUT2D eigenvalue weighted by atomic mass is 10.0. The van der Waals surface area contributed by atoms with E-state index < -0.39 is 0 Å². The predicted molar refractivity (Wildman–Crippen MR) is 104 cm³/mol. The van der Waals surface area contributed by atoms with Gasteiger partial charge in [0.05, 0.1) is 0 Å². The molecular weight excluding hydrogens is 308 g/mol. The first kappa shape index (κ1) is 17.6. The van der Waals surface area contributed by atoms with Crippen molar-refractivity contribution >= 4 is 34.8 Å². The molecule has 2 rings (SSSR count). The quantitative estimate of drug-likeness (QED) is 0.553. The van der Waals surface area contributed by atoms with E-state index in [-0.39, 0.29) is 0 Å². The molecule has 0 spiro atoms. The zero-order chi connectivity index (χ0) is 15.8. The third-order valence-electron chi connectivity index (χ3n) is 4.13. The number of anilines is 1. The summed E-state index contributed by atoms with van der Waals surface area (Å²) >= 11 is 7.46. The average Bonchev–Trinajstić information content (AvgIpc) is 2.53. The smallest absolute Gasteiger partial charge is 0.170 e. The summed E-state index contributed by atoms with van der Waals surface area (Å²) in [5.41, 5.74) is 2.41. The van der Waals surface area contributed by atoms with Gasteiger partial charge in [0, 0.05) is 23.2 Å². The van der Waals surface area contributed by atoms with Crippen LogP contribution < -0.4 is 10.6 Å². The van der Waals surface area contributed by atoms with Gasteiger partial charge < -0.3 is 10.6 Å². The van der Waals surface area contributed by atoms with Crippen LogP contribution in [0.3, 0.4) is 0 Å². The molecule has 0 radical (unpaired) electrons. The van der Waals surface area contributed by atoms with Gasteiger partial charge in [0.15, 0.2) is 5.11 Å². The van der Waals surface area contributed by atoms with Crippen molar-refractivity contribution in [3.63, 3.8) is 0 Å². The van der Waals surface area contributed by atoms with Crippen molar-refractivity contribution in [2.45, 2.75) is 57.1 Å². The predicted octanol–water partition coefficient (Wildman–Crippen LogP) is 5.16. The number of benzene rings is 1. The van der Waals surface area contributed by atoms with E-state index in [9.17, 15) is 0 Å². The van der Waals surface area contributed by atoms with Crippen LogP contribution in [0.25, 0.3) is 0 Å². The SMILES string of the molecule is CC(C)c1ccc(NC(=S)NCCSC2CCCCC2)cc1. The van der Waals surface area contributed by atoms with Gasteiger partial charge in [-0.25, -0.2) is 0 Å². The van der Waals surface area contributed by atoms with E-state index >= 15 is 0 Å². The number of hydrogen-bond donors (Lipinski definition) is 2. The zero-order valence-corrected chi connectivity index (χ0v) is 15.4. The molecule has 0 bridgehead atoms. The van der Waals surface area contributed by atoms with E-state index in [0.717, 1.165) is 28.3 Å². The minimum atomic E-state index is 0.566. The molecule has 1 fully saturated rings. The van der Waals surface area contributed by atoms with Gasteiger partial charge in [-0.2, -0.15) is 11.8 Å². The van der Waals surface area contributed by atoms with Crippen LogP contribution in [-0.4, -0.2) is 22.7 Å². The van der Waals surface area contributed by atoms with Crippen LogP contribution in [0, 0.1) is 0 Å². The molecule has 122 valence electrons. The Hall–Kier alpha value is -0.740. The second-order valence-corrected chi connectivity index (χ2v) is 8.10. The number of nitrogens with one attached hydrogen (secondary N) is 2. The van der Waals surface area contributed by atoms with Crippen LogP contribution in [0.4, 0.5) is 5.69 Å². The Morgan fingerprint density at radius 3 is 2.50 bits per heavy atom. The summed E-state index contributed by atoms with van der Waals surface area (Å²) in [6.45, 7) is 5.36. The molecule has 1 aromatic rings. The van der Waals surface area contributed by atoms with Crippen molar-refractivity contribution in [1.82, 2.24) is 5.32 Å². The van der Waals surface area contributed by atoms with Gasteiger partial charge in [-0.1, -0.05) is 45.2 Å². The second-order valence-electron chi connectivity index (χ2n) is 6.29. The van der Waals surface area contributed by atoms with Crippen LogP contribution >= 0.6 is 24.0 Å². The first-order valence-electron chi connectivity index (χ1n) is 8.41. The van der Waals surface area contributed by atoms with Crippen LogP contribution in [0.2, 0.25) is 0 Å². The number of thioether (sulfide) groups is 1. The van der Waals surface area contributed by atoms with E-state index in [1.807, 2.05) is 0 Å². The lowest BCUT2D eigenvalue weighted by Crippen LogP contribution is -2.30. The van der Waals surface area contributed by atoms with Gasteiger partial charge in [-0.3, -0.25) is 0 Å². The molecule has 0 aromatic heterocycles. The highest BCUT2D eigenvalue weighted by Crippen LogP contribution is 2.27. The Balaban J connectivity index is 1.62. The highest BCUT2D eigenvalue weighted by atomic mass is 32.2. The fourth-order valence-electron chi connectivity index (χ4n) is 2.75. The summed E-state index contributed by atoms with van der Waals surface area (Å²) in [6.07, 6.45) is 7.05. The van der Waals surface area contributed by atoms with Crippen molar-refractivity contribution in [1.29, 1.82) is 0 Å². The third kappa shape index (κ3) is 6.17. The summed E-state index contributed by atoms with van der Waals surface area (Å²) in [5, 5.41) is 8.16. The fourth-order valence-corrected chi connectivity index (χ4v) is 4.19. The average molecular weight is 337 g/mol. The van der Waals surface area contributed by atoms with Gasteiger partial charge in [-0.15, -0.1) is 0 Å². The standard InChI is InChI=1S/C18H28N2S2/c1-14(2)15-8-10-16(11-9-15)20-18(21)19-12-13-22-17-6-4-3-5-7-17/h8-11,14,17H,3-7,12-13H2,1-2H3,(H2,19,20,21). The monoisotopic (exact) mass is 336 g/mol. The van der Waals surface area contributed by atoms with Crippen molar-refractivity contribution in [3.8, 4) is 0 Å². The van der Waals surface area contributed by atoms with E-state index in [2.05, 4.69) is 60.5 Å². The summed E-state index contributed by atoms with van der Waals surface area (Å²) in [4.78, 5) is 0. The summed E-state index contributed by atoms with van der Waals surface area (Å²) < 4.78 is 0. The Bertz CT molecular complexity index is 451. The van der Waals surface area contributed by atoms with E-state index in [1.165, 1.54) is 37.7 Å². The van der Waals surface area contributed by atoms with Crippen LogP contribution in [0.5, 0.6) is 0 Å². The maximum Gasteiger partial charge on any atom is 0.170 e. The molecule has 2 N–H and O–H groups in total. The van der Waals surface area contributed by atoms with Crippen molar-refractivity contribution in [2.75, 3.05) is 17.6 Å². The maximum atomic E-state index is 5.36. The molecule has 0 amide bonds. The van der Waals surface area contributed by atoms with Gasteiger partial charge in [-0.05, 0) is 48.7 Å².